The third-order valence-electron chi connectivity index (χ3n) is 3.93. The molecular formula is C17H19N3O. The molecule has 0 radical (unpaired) electrons. The molecule has 0 bridgehead atoms. The first-order chi connectivity index (χ1) is 10.2. The van der Waals surface area contributed by atoms with Crippen LogP contribution in [-0.2, 0) is 6.54 Å². The Morgan fingerprint density at radius 2 is 2.14 bits per heavy atom. The van der Waals surface area contributed by atoms with Crippen molar-refractivity contribution in [3.8, 4) is 0 Å². The van der Waals surface area contributed by atoms with Gasteiger partial charge in [0, 0.05) is 36.2 Å². The topological polar surface area (TPSA) is 59.2 Å². The fraction of sp³-hybridized carbons (Fsp3) is 0.294. The average Bonchev–Trinajstić information content (AvgIpc) is 3.33. The second kappa shape index (κ2) is 5.56. The van der Waals surface area contributed by atoms with Gasteiger partial charge in [0.05, 0.1) is 0 Å². The van der Waals surface area contributed by atoms with Gasteiger partial charge in [0.15, 0.2) is 0 Å². The number of benzene rings is 1. The molecule has 1 heterocycles. The summed E-state index contributed by atoms with van der Waals surface area (Å²) in [6, 6.07) is 9.77. The second-order valence-corrected chi connectivity index (χ2v) is 5.55. The number of amides is 1. The number of hydrogen-bond acceptors (Lipinski definition) is 3. The van der Waals surface area contributed by atoms with E-state index in [1.807, 2.05) is 48.4 Å². The maximum Gasteiger partial charge on any atom is 0.254 e. The average molecular weight is 281 g/mol. The van der Waals surface area contributed by atoms with Gasteiger partial charge in [-0.2, -0.15) is 0 Å². The zero-order valence-corrected chi connectivity index (χ0v) is 12.1. The zero-order chi connectivity index (χ0) is 14.8. The van der Waals surface area contributed by atoms with Gasteiger partial charge >= 0.3 is 0 Å². The highest BCUT2D eigenvalue weighted by atomic mass is 16.2. The minimum Gasteiger partial charge on any atom is -0.398 e. The summed E-state index contributed by atoms with van der Waals surface area (Å²) in [7, 11) is 0. The van der Waals surface area contributed by atoms with Crippen molar-refractivity contribution >= 4 is 11.6 Å². The number of carbonyl (C=O) groups is 1. The monoisotopic (exact) mass is 281 g/mol. The molecule has 108 valence electrons. The minimum absolute atomic E-state index is 0.0613. The molecule has 0 aliphatic heterocycles. The number of aromatic nitrogens is 1. The highest BCUT2D eigenvalue weighted by Crippen LogP contribution is 2.30. The Bertz CT molecular complexity index is 650. The highest BCUT2D eigenvalue weighted by molar-refractivity contribution is 5.97. The van der Waals surface area contributed by atoms with Crippen LogP contribution in [0, 0.1) is 6.92 Å². The maximum atomic E-state index is 12.9. The van der Waals surface area contributed by atoms with Crippen molar-refractivity contribution in [3.63, 3.8) is 0 Å². The van der Waals surface area contributed by atoms with Crippen LogP contribution >= 0.6 is 0 Å². The van der Waals surface area contributed by atoms with E-state index in [1.54, 1.807) is 6.20 Å². The standard InChI is InChI=1S/C17H19N3O/c1-12-15(5-2-6-16(12)18)17(21)20(14-7-8-14)11-13-4-3-9-19-10-13/h2-6,9-10,14H,7-8,11,18H2,1H3. The summed E-state index contributed by atoms with van der Waals surface area (Å²) in [4.78, 5) is 18.9. The molecule has 1 aromatic carbocycles. The molecule has 0 spiro atoms. The molecule has 1 saturated carbocycles. The Morgan fingerprint density at radius 3 is 2.81 bits per heavy atom. The predicted molar refractivity (Wildman–Crippen MR) is 82.7 cm³/mol. The van der Waals surface area contributed by atoms with Crippen LogP contribution in [0.2, 0.25) is 0 Å². The summed E-state index contributed by atoms with van der Waals surface area (Å²) in [6.07, 6.45) is 5.71. The molecular weight excluding hydrogens is 262 g/mol. The van der Waals surface area contributed by atoms with Crippen LogP contribution in [0.25, 0.3) is 0 Å². The highest BCUT2D eigenvalue weighted by Gasteiger charge is 2.33. The first kappa shape index (κ1) is 13.6. The molecule has 1 amide bonds. The van der Waals surface area contributed by atoms with Crippen molar-refractivity contribution in [2.75, 3.05) is 5.73 Å². The molecule has 1 aromatic heterocycles. The molecule has 1 aliphatic carbocycles. The Morgan fingerprint density at radius 1 is 1.33 bits per heavy atom. The Balaban J connectivity index is 1.87. The van der Waals surface area contributed by atoms with Crippen LogP contribution in [0.3, 0.4) is 0 Å². The molecule has 4 nitrogen and oxygen atoms in total. The number of nitrogen functional groups attached to an aromatic ring is 1. The fourth-order valence-corrected chi connectivity index (χ4v) is 2.48. The largest absolute Gasteiger partial charge is 0.398 e. The number of carbonyl (C=O) groups excluding carboxylic acids is 1. The SMILES string of the molecule is Cc1c(N)cccc1C(=O)N(Cc1cccnc1)C1CC1. The summed E-state index contributed by atoms with van der Waals surface area (Å²) in [5.41, 5.74) is 9.20. The van der Waals surface area contributed by atoms with Crippen LogP contribution in [0.1, 0.15) is 34.3 Å². The smallest absolute Gasteiger partial charge is 0.254 e. The van der Waals surface area contributed by atoms with Gasteiger partial charge in [0.25, 0.3) is 5.91 Å². The van der Waals surface area contributed by atoms with Crippen molar-refractivity contribution in [1.82, 2.24) is 9.88 Å². The van der Waals surface area contributed by atoms with Gasteiger partial charge < -0.3 is 10.6 Å². The van der Waals surface area contributed by atoms with E-state index >= 15 is 0 Å². The Hall–Kier alpha value is -2.36. The van der Waals surface area contributed by atoms with E-state index in [0.717, 1.165) is 24.0 Å². The maximum absolute atomic E-state index is 12.9. The number of anilines is 1. The molecule has 1 aliphatic rings. The Labute approximate surface area is 124 Å². The van der Waals surface area contributed by atoms with Gasteiger partial charge in [-0.3, -0.25) is 9.78 Å². The lowest BCUT2D eigenvalue weighted by molar-refractivity contribution is 0.0729. The summed E-state index contributed by atoms with van der Waals surface area (Å²) >= 11 is 0. The number of nitrogens with zero attached hydrogens (tertiary/aromatic N) is 2. The van der Waals surface area contributed by atoms with E-state index in [-0.39, 0.29) is 5.91 Å². The van der Waals surface area contributed by atoms with E-state index in [4.69, 9.17) is 5.73 Å². The number of pyridine rings is 1. The van der Waals surface area contributed by atoms with Gasteiger partial charge in [-0.15, -0.1) is 0 Å². The molecule has 0 atom stereocenters. The molecule has 0 unspecified atom stereocenters. The van der Waals surface area contributed by atoms with E-state index in [0.29, 0.717) is 23.8 Å². The minimum atomic E-state index is 0.0613. The van der Waals surface area contributed by atoms with E-state index in [2.05, 4.69) is 4.98 Å². The number of rotatable bonds is 4. The van der Waals surface area contributed by atoms with Crippen molar-refractivity contribution < 1.29 is 4.79 Å². The van der Waals surface area contributed by atoms with Crippen LogP contribution in [0.4, 0.5) is 5.69 Å². The molecule has 2 aromatic rings. The fourth-order valence-electron chi connectivity index (χ4n) is 2.48. The quantitative estimate of drug-likeness (QED) is 0.877. The molecule has 0 saturated heterocycles. The molecule has 21 heavy (non-hydrogen) atoms. The predicted octanol–water partition coefficient (Wildman–Crippen LogP) is 2.78. The second-order valence-electron chi connectivity index (χ2n) is 5.55. The van der Waals surface area contributed by atoms with E-state index < -0.39 is 0 Å². The van der Waals surface area contributed by atoms with Crippen molar-refractivity contribution in [2.24, 2.45) is 0 Å². The van der Waals surface area contributed by atoms with Crippen LogP contribution in [-0.4, -0.2) is 21.8 Å². The summed E-state index contributed by atoms with van der Waals surface area (Å²) in [5, 5.41) is 0. The van der Waals surface area contributed by atoms with Crippen LogP contribution < -0.4 is 5.73 Å². The van der Waals surface area contributed by atoms with Gasteiger partial charge in [-0.25, -0.2) is 0 Å². The van der Waals surface area contributed by atoms with Crippen molar-refractivity contribution in [3.05, 3.63) is 59.4 Å². The summed E-state index contributed by atoms with van der Waals surface area (Å²) in [6.45, 7) is 2.50. The van der Waals surface area contributed by atoms with E-state index in [9.17, 15) is 4.79 Å². The first-order valence-electron chi connectivity index (χ1n) is 7.22. The molecule has 1 fully saturated rings. The third kappa shape index (κ3) is 2.89. The summed E-state index contributed by atoms with van der Waals surface area (Å²) in [5.74, 6) is 0.0613. The molecule has 2 N–H and O–H groups in total. The molecule has 4 heteroatoms. The Kier molecular flexibility index (Phi) is 3.60. The van der Waals surface area contributed by atoms with Gasteiger partial charge in [0.2, 0.25) is 0 Å². The first-order valence-corrected chi connectivity index (χ1v) is 7.22. The molecule has 3 rings (SSSR count). The third-order valence-corrected chi connectivity index (χ3v) is 3.93. The normalized spacial score (nSPS) is 14.0. The van der Waals surface area contributed by atoms with E-state index in [1.165, 1.54) is 0 Å². The summed E-state index contributed by atoms with van der Waals surface area (Å²) < 4.78 is 0. The lowest BCUT2D eigenvalue weighted by Crippen LogP contribution is -2.33. The van der Waals surface area contributed by atoms with Gasteiger partial charge in [-0.1, -0.05) is 12.1 Å². The zero-order valence-electron chi connectivity index (χ0n) is 12.1. The van der Waals surface area contributed by atoms with Crippen molar-refractivity contribution in [1.29, 1.82) is 0 Å². The number of hydrogen-bond donors (Lipinski definition) is 1. The lowest BCUT2D eigenvalue weighted by Gasteiger charge is -2.23. The van der Waals surface area contributed by atoms with Gasteiger partial charge in [0.1, 0.15) is 0 Å². The lowest BCUT2D eigenvalue weighted by atomic mass is 10.1. The van der Waals surface area contributed by atoms with Crippen LogP contribution in [0.15, 0.2) is 42.7 Å². The van der Waals surface area contributed by atoms with Gasteiger partial charge in [-0.05, 0) is 49.1 Å². The van der Waals surface area contributed by atoms with Crippen molar-refractivity contribution in [2.45, 2.75) is 32.4 Å². The number of nitrogens with two attached hydrogens (primary N) is 1. The van der Waals surface area contributed by atoms with Crippen LogP contribution in [0.5, 0.6) is 0 Å².